The summed E-state index contributed by atoms with van der Waals surface area (Å²) in [7, 11) is 0. The second-order valence-corrected chi connectivity index (χ2v) is 6.86. The highest BCUT2D eigenvalue weighted by Gasteiger charge is 2.30. The van der Waals surface area contributed by atoms with E-state index < -0.39 is 0 Å². The van der Waals surface area contributed by atoms with Crippen molar-refractivity contribution in [2.45, 2.75) is 70.1 Å². The first kappa shape index (κ1) is 13.8. The van der Waals surface area contributed by atoms with E-state index in [1.807, 2.05) is 0 Å². The van der Waals surface area contributed by atoms with Crippen molar-refractivity contribution in [1.82, 2.24) is 10.2 Å². The number of nitrogens with zero attached hydrogens (tertiary/aromatic N) is 1. The Morgan fingerprint density at radius 3 is 2.68 bits per heavy atom. The Morgan fingerprint density at radius 1 is 1.11 bits per heavy atom. The van der Waals surface area contributed by atoms with E-state index in [0.29, 0.717) is 12.2 Å². The topological polar surface area (TPSA) is 24.5 Å². The van der Waals surface area contributed by atoms with Gasteiger partial charge in [0.1, 0.15) is 0 Å². The van der Waals surface area contributed by atoms with Crippen LogP contribution in [0.25, 0.3) is 0 Å². The van der Waals surface area contributed by atoms with Gasteiger partial charge in [-0.1, -0.05) is 19.3 Å². The van der Waals surface area contributed by atoms with E-state index in [0.717, 1.165) is 18.5 Å². The minimum Gasteiger partial charge on any atom is -0.374 e. The average Bonchev–Trinajstić information content (AvgIpc) is 2.85. The fourth-order valence-corrected chi connectivity index (χ4v) is 4.17. The lowest BCUT2D eigenvalue weighted by Crippen LogP contribution is -2.55. The summed E-state index contributed by atoms with van der Waals surface area (Å²) in [6.07, 6.45) is 10.8. The van der Waals surface area contributed by atoms with Crippen LogP contribution in [-0.2, 0) is 4.74 Å². The maximum absolute atomic E-state index is 5.98. The first-order valence-corrected chi connectivity index (χ1v) is 8.42. The molecule has 3 heteroatoms. The standard InChI is InChI=1S/C16H30N2O/c1-13-7-8-15(19-13)11-18-10-9-17-16(12-18)14-5-3-2-4-6-14/h13-17H,2-12H2,1H3. The lowest BCUT2D eigenvalue weighted by Gasteiger charge is -2.40. The SMILES string of the molecule is CC1CCC(CN2CCNC(C3CCCCC3)C2)O1. The molecule has 2 heterocycles. The van der Waals surface area contributed by atoms with E-state index in [2.05, 4.69) is 17.1 Å². The van der Waals surface area contributed by atoms with E-state index in [1.165, 1.54) is 64.6 Å². The quantitative estimate of drug-likeness (QED) is 0.849. The van der Waals surface area contributed by atoms with Gasteiger partial charge in [0, 0.05) is 32.2 Å². The Labute approximate surface area is 118 Å². The van der Waals surface area contributed by atoms with Gasteiger partial charge >= 0.3 is 0 Å². The molecule has 19 heavy (non-hydrogen) atoms. The third-order valence-electron chi connectivity index (χ3n) is 5.29. The van der Waals surface area contributed by atoms with E-state index in [4.69, 9.17) is 4.74 Å². The molecule has 0 radical (unpaired) electrons. The Bertz CT molecular complexity index is 278. The van der Waals surface area contributed by atoms with Crippen LogP contribution in [0.2, 0.25) is 0 Å². The third-order valence-corrected chi connectivity index (χ3v) is 5.29. The maximum Gasteiger partial charge on any atom is 0.0706 e. The van der Waals surface area contributed by atoms with Gasteiger partial charge in [0.05, 0.1) is 12.2 Å². The number of piperazine rings is 1. The van der Waals surface area contributed by atoms with E-state index >= 15 is 0 Å². The fourth-order valence-electron chi connectivity index (χ4n) is 4.17. The van der Waals surface area contributed by atoms with Crippen molar-refractivity contribution < 1.29 is 4.74 Å². The summed E-state index contributed by atoms with van der Waals surface area (Å²) in [6.45, 7) is 7.00. The Kier molecular flexibility index (Phi) is 4.78. The van der Waals surface area contributed by atoms with Crippen LogP contribution < -0.4 is 5.32 Å². The Hall–Kier alpha value is -0.120. The summed E-state index contributed by atoms with van der Waals surface area (Å²) in [4.78, 5) is 2.65. The molecule has 3 unspecified atom stereocenters. The molecule has 110 valence electrons. The van der Waals surface area contributed by atoms with Crippen LogP contribution in [0.3, 0.4) is 0 Å². The predicted octanol–water partition coefficient (Wildman–Crippen LogP) is 2.41. The molecule has 1 saturated carbocycles. The average molecular weight is 266 g/mol. The molecule has 3 rings (SSSR count). The van der Waals surface area contributed by atoms with Crippen molar-refractivity contribution in [2.24, 2.45) is 5.92 Å². The summed E-state index contributed by atoms with van der Waals surface area (Å²) in [5, 5.41) is 3.77. The summed E-state index contributed by atoms with van der Waals surface area (Å²) in [5.74, 6) is 0.931. The molecule has 0 aromatic heterocycles. The van der Waals surface area contributed by atoms with Crippen molar-refractivity contribution >= 4 is 0 Å². The molecular weight excluding hydrogens is 236 g/mol. The summed E-state index contributed by atoms with van der Waals surface area (Å²) in [6, 6.07) is 0.743. The molecule has 1 N–H and O–H groups in total. The number of nitrogens with one attached hydrogen (secondary N) is 1. The number of rotatable bonds is 3. The number of ether oxygens (including phenoxy) is 1. The maximum atomic E-state index is 5.98. The lowest BCUT2D eigenvalue weighted by molar-refractivity contribution is 0.0214. The highest BCUT2D eigenvalue weighted by molar-refractivity contribution is 4.87. The molecule has 0 aromatic rings. The smallest absolute Gasteiger partial charge is 0.0706 e. The fraction of sp³-hybridized carbons (Fsp3) is 1.00. The van der Waals surface area contributed by atoms with Crippen LogP contribution in [-0.4, -0.2) is 49.3 Å². The second-order valence-electron chi connectivity index (χ2n) is 6.86. The molecule has 0 aromatic carbocycles. The van der Waals surface area contributed by atoms with E-state index in [9.17, 15) is 0 Å². The molecule has 2 aliphatic heterocycles. The molecule has 0 bridgehead atoms. The van der Waals surface area contributed by atoms with Crippen molar-refractivity contribution in [3.63, 3.8) is 0 Å². The molecular formula is C16H30N2O. The molecule has 2 saturated heterocycles. The summed E-state index contributed by atoms with van der Waals surface area (Å²) in [5.41, 5.74) is 0. The van der Waals surface area contributed by atoms with Gasteiger partial charge in [-0.05, 0) is 38.5 Å². The Morgan fingerprint density at radius 2 is 1.95 bits per heavy atom. The van der Waals surface area contributed by atoms with Gasteiger partial charge < -0.3 is 10.1 Å². The molecule has 3 nitrogen and oxygen atoms in total. The van der Waals surface area contributed by atoms with E-state index in [1.54, 1.807) is 0 Å². The second kappa shape index (κ2) is 6.55. The highest BCUT2D eigenvalue weighted by Crippen LogP contribution is 2.28. The monoisotopic (exact) mass is 266 g/mol. The summed E-state index contributed by atoms with van der Waals surface area (Å²) >= 11 is 0. The van der Waals surface area contributed by atoms with Gasteiger partial charge in [-0.3, -0.25) is 4.90 Å². The lowest BCUT2D eigenvalue weighted by atomic mass is 9.83. The zero-order chi connectivity index (χ0) is 13.1. The van der Waals surface area contributed by atoms with Gasteiger partial charge in [-0.2, -0.15) is 0 Å². The largest absolute Gasteiger partial charge is 0.374 e. The van der Waals surface area contributed by atoms with Crippen LogP contribution in [0.15, 0.2) is 0 Å². The predicted molar refractivity (Wildman–Crippen MR) is 78.4 cm³/mol. The van der Waals surface area contributed by atoms with Crippen molar-refractivity contribution in [1.29, 1.82) is 0 Å². The van der Waals surface area contributed by atoms with Crippen LogP contribution in [0, 0.1) is 5.92 Å². The van der Waals surface area contributed by atoms with Crippen LogP contribution >= 0.6 is 0 Å². The Balaban J connectivity index is 1.47. The van der Waals surface area contributed by atoms with Crippen LogP contribution in [0.5, 0.6) is 0 Å². The first-order valence-electron chi connectivity index (χ1n) is 8.42. The zero-order valence-electron chi connectivity index (χ0n) is 12.4. The molecule has 0 spiro atoms. The minimum atomic E-state index is 0.488. The van der Waals surface area contributed by atoms with Crippen LogP contribution in [0.1, 0.15) is 51.9 Å². The van der Waals surface area contributed by atoms with Crippen LogP contribution in [0.4, 0.5) is 0 Å². The number of hydrogen-bond donors (Lipinski definition) is 1. The number of hydrogen-bond acceptors (Lipinski definition) is 3. The van der Waals surface area contributed by atoms with Crippen molar-refractivity contribution in [2.75, 3.05) is 26.2 Å². The van der Waals surface area contributed by atoms with E-state index in [-0.39, 0.29) is 0 Å². The van der Waals surface area contributed by atoms with Gasteiger partial charge in [0.25, 0.3) is 0 Å². The van der Waals surface area contributed by atoms with Gasteiger partial charge in [-0.15, -0.1) is 0 Å². The minimum absolute atomic E-state index is 0.488. The molecule has 3 atom stereocenters. The molecule has 3 fully saturated rings. The highest BCUT2D eigenvalue weighted by atomic mass is 16.5. The van der Waals surface area contributed by atoms with Crippen molar-refractivity contribution in [3.05, 3.63) is 0 Å². The van der Waals surface area contributed by atoms with Gasteiger partial charge in [0.2, 0.25) is 0 Å². The molecule has 0 amide bonds. The van der Waals surface area contributed by atoms with Crippen molar-refractivity contribution in [3.8, 4) is 0 Å². The first-order chi connectivity index (χ1) is 9.31. The van der Waals surface area contributed by atoms with Gasteiger partial charge in [0.15, 0.2) is 0 Å². The zero-order valence-corrected chi connectivity index (χ0v) is 12.4. The third kappa shape index (κ3) is 3.71. The molecule has 3 aliphatic rings. The summed E-state index contributed by atoms with van der Waals surface area (Å²) < 4.78 is 5.98. The van der Waals surface area contributed by atoms with Gasteiger partial charge in [-0.25, -0.2) is 0 Å². The normalized spacial score (nSPS) is 38.7. The molecule has 1 aliphatic carbocycles.